The number of aromatic nitrogens is 1. The molecule has 0 N–H and O–H groups in total. The first-order valence-corrected chi connectivity index (χ1v) is 10.9. The van der Waals surface area contributed by atoms with Gasteiger partial charge in [0, 0.05) is 22.7 Å². The van der Waals surface area contributed by atoms with Gasteiger partial charge in [-0.25, -0.2) is 4.79 Å². The highest BCUT2D eigenvalue weighted by Crippen LogP contribution is 2.55. The highest BCUT2D eigenvalue weighted by atomic mass is 79.9. The number of rotatable bonds is 4. The number of fused-ring (bicyclic) bond motifs is 5. The van der Waals surface area contributed by atoms with Crippen LogP contribution in [0.15, 0.2) is 30.3 Å². The van der Waals surface area contributed by atoms with E-state index in [-0.39, 0.29) is 17.4 Å². The number of carbonyl (C=O) groups excluding carboxylic acids is 1. The lowest BCUT2D eigenvalue weighted by Crippen LogP contribution is -2.46. The molecule has 0 radical (unpaired) electrons. The zero-order valence-corrected chi connectivity index (χ0v) is 17.8. The summed E-state index contributed by atoms with van der Waals surface area (Å²) in [6.07, 6.45) is 8.13. The Balaban J connectivity index is 2.12. The Labute approximate surface area is 173 Å². The molecule has 3 heterocycles. The standard InChI is InChI=1S/C22H24BrN3O2/c1-3-22-10-6-12-25(14-24)20(22)19-16(9-11-23)15-7-4-5-8-17(15)26(19)18(13-22)21(27)28-2/h4-5,7-8,13,20H,3,6,9-12H2,1-2H3/t20-,22+/m1/s1. The zero-order valence-electron chi connectivity index (χ0n) is 16.2. The summed E-state index contributed by atoms with van der Waals surface area (Å²) in [5.41, 5.74) is 3.62. The van der Waals surface area contributed by atoms with E-state index in [4.69, 9.17) is 4.74 Å². The maximum Gasteiger partial charge on any atom is 0.354 e. The number of ether oxygens (including phenoxy) is 1. The number of carbonyl (C=O) groups is 1. The van der Waals surface area contributed by atoms with Gasteiger partial charge in [-0.1, -0.05) is 41.1 Å². The molecule has 0 spiro atoms. The number of nitrogens with zero attached hydrogens (tertiary/aromatic N) is 3. The number of esters is 1. The third kappa shape index (κ3) is 2.60. The quantitative estimate of drug-likeness (QED) is 0.394. The molecule has 1 fully saturated rings. The van der Waals surface area contributed by atoms with E-state index in [1.165, 1.54) is 12.7 Å². The summed E-state index contributed by atoms with van der Waals surface area (Å²) in [4.78, 5) is 14.7. The van der Waals surface area contributed by atoms with Gasteiger partial charge in [-0.05, 0) is 43.4 Å². The van der Waals surface area contributed by atoms with Crippen LogP contribution in [0.1, 0.15) is 43.5 Å². The Hall–Kier alpha value is -2.26. The second kappa shape index (κ2) is 7.29. The van der Waals surface area contributed by atoms with Crippen LogP contribution in [0.5, 0.6) is 0 Å². The molecule has 28 heavy (non-hydrogen) atoms. The molecule has 2 aromatic rings. The number of para-hydroxylation sites is 1. The SMILES string of the molecule is CC[C@]12C=C(C(=O)OC)n3c(c(CCBr)c4ccccc43)[C@H]1N(C#N)CCC2. The molecule has 0 aliphatic carbocycles. The number of likely N-dealkylation sites (tertiary alicyclic amines) is 1. The maximum absolute atomic E-state index is 12.8. The Kier molecular flexibility index (Phi) is 4.96. The van der Waals surface area contributed by atoms with E-state index in [2.05, 4.69) is 41.2 Å². The van der Waals surface area contributed by atoms with Crippen molar-refractivity contribution < 1.29 is 9.53 Å². The summed E-state index contributed by atoms with van der Waals surface area (Å²) in [5.74, 6) is -0.326. The Morgan fingerprint density at radius 1 is 1.43 bits per heavy atom. The maximum atomic E-state index is 12.8. The van der Waals surface area contributed by atoms with Crippen molar-refractivity contribution >= 4 is 38.5 Å². The van der Waals surface area contributed by atoms with Gasteiger partial charge in [-0.15, -0.1) is 0 Å². The van der Waals surface area contributed by atoms with Gasteiger partial charge in [-0.2, -0.15) is 5.26 Å². The molecule has 0 unspecified atom stereocenters. The molecule has 6 heteroatoms. The van der Waals surface area contributed by atoms with E-state index in [1.807, 2.05) is 27.7 Å². The van der Waals surface area contributed by atoms with Crippen LogP contribution in [0.25, 0.3) is 16.6 Å². The molecule has 1 saturated heterocycles. The predicted octanol–water partition coefficient (Wildman–Crippen LogP) is 4.62. The number of alkyl halides is 1. The summed E-state index contributed by atoms with van der Waals surface area (Å²) < 4.78 is 7.22. The number of nitriles is 1. The second-order valence-corrected chi connectivity index (χ2v) is 8.36. The van der Waals surface area contributed by atoms with Gasteiger partial charge in [-0.3, -0.25) is 0 Å². The average molecular weight is 442 g/mol. The second-order valence-electron chi connectivity index (χ2n) is 7.56. The van der Waals surface area contributed by atoms with Crippen LogP contribution in [0, 0.1) is 16.9 Å². The molecular weight excluding hydrogens is 418 g/mol. The first-order valence-electron chi connectivity index (χ1n) is 9.78. The monoisotopic (exact) mass is 441 g/mol. The minimum Gasteiger partial charge on any atom is -0.464 e. The number of halogens is 1. The van der Waals surface area contributed by atoms with Crippen molar-refractivity contribution in [2.24, 2.45) is 5.41 Å². The molecule has 0 saturated carbocycles. The Morgan fingerprint density at radius 2 is 2.21 bits per heavy atom. The van der Waals surface area contributed by atoms with Gasteiger partial charge in [0.1, 0.15) is 5.70 Å². The molecule has 1 aromatic heterocycles. The first-order chi connectivity index (χ1) is 13.6. The van der Waals surface area contributed by atoms with Crippen LogP contribution in [0.3, 0.4) is 0 Å². The van der Waals surface area contributed by atoms with Crippen LogP contribution in [0.2, 0.25) is 0 Å². The topological polar surface area (TPSA) is 58.3 Å². The van der Waals surface area contributed by atoms with E-state index >= 15 is 0 Å². The van der Waals surface area contributed by atoms with Gasteiger partial charge < -0.3 is 14.2 Å². The number of piperidine rings is 1. The van der Waals surface area contributed by atoms with E-state index in [0.29, 0.717) is 5.70 Å². The number of methoxy groups -OCH3 is 1. The number of aryl methyl sites for hydroxylation is 1. The zero-order chi connectivity index (χ0) is 19.9. The third-order valence-corrected chi connectivity index (χ3v) is 6.76. The molecule has 2 aliphatic rings. The number of hydrogen-bond donors (Lipinski definition) is 0. The molecule has 2 atom stereocenters. The summed E-state index contributed by atoms with van der Waals surface area (Å²) in [7, 11) is 1.43. The van der Waals surface area contributed by atoms with Gasteiger partial charge >= 0.3 is 5.97 Å². The molecular formula is C22H24BrN3O2. The lowest BCUT2D eigenvalue weighted by atomic mass is 9.67. The number of hydrogen-bond acceptors (Lipinski definition) is 4. The molecule has 0 amide bonds. The van der Waals surface area contributed by atoms with Crippen LogP contribution in [-0.2, 0) is 16.0 Å². The van der Waals surface area contributed by atoms with Crippen molar-refractivity contribution in [3.05, 3.63) is 41.6 Å². The largest absolute Gasteiger partial charge is 0.464 e. The van der Waals surface area contributed by atoms with Crippen molar-refractivity contribution in [2.75, 3.05) is 19.0 Å². The van der Waals surface area contributed by atoms with E-state index < -0.39 is 0 Å². The molecule has 1 aromatic carbocycles. The summed E-state index contributed by atoms with van der Waals surface area (Å²) >= 11 is 3.60. The fourth-order valence-electron chi connectivity index (χ4n) is 5.13. The normalized spacial score (nSPS) is 23.6. The van der Waals surface area contributed by atoms with Gasteiger partial charge in [0.05, 0.1) is 24.4 Å². The lowest BCUT2D eigenvalue weighted by Gasteiger charge is -2.49. The van der Waals surface area contributed by atoms with Crippen molar-refractivity contribution in [2.45, 2.75) is 38.6 Å². The van der Waals surface area contributed by atoms with Crippen LogP contribution < -0.4 is 0 Å². The van der Waals surface area contributed by atoms with Crippen molar-refractivity contribution in [3.8, 4) is 6.19 Å². The van der Waals surface area contributed by atoms with Gasteiger partial charge in [0.2, 0.25) is 0 Å². The highest BCUT2D eigenvalue weighted by Gasteiger charge is 2.49. The van der Waals surface area contributed by atoms with E-state index in [9.17, 15) is 10.1 Å². The van der Waals surface area contributed by atoms with Crippen molar-refractivity contribution in [3.63, 3.8) is 0 Å². The van der Waals surface area contributed by atoms with Crippen molar-refractivity contribution in [1.29, 1.82) is 5.26 Å². The summed E-state index contributed by atoms with van der Waals surface area (Å²) in [5, 5.41) is 11.9. The van der Waals surface area contributed by atoms with Crippen LogP contribution in [-0.4, -0.2) is 34.4 Å². The minimum atomic E-state index is -0.326. The first kappa shape index (κ1) is 19.1. The molecule has 0 bridgehead atoms. The van der Waals surface area contributed by atoms with Gasteiger partial charge in [0.25, 0.3) is 0 Å². The highest BCUT2D eigenvalue weighted by molar-refractivity contribution is 9.09. The van der Waals surface area contributed by atoms with E-state index in [0.717, 1.165) is 54.2 Å². The smallest absolute Gasteiger partial charge is 0.354 e. The summed E-state index contributed by atoms with van der Waals surface area (Å²) in [6, 6.07) is 8.12. The molecule has 2 aliphatic heterocycles. The van der Waals surface area contributed by atoms with E-state index in [1.54, 1.807) is 0 Å². The minimum absolute atomic E-state index is 0.0638. The third-order valence-electron chi connectivity index (χ3n) is 6.37. The predicted molar refractivity (Wildman–Crippen MR) is 113 cm³/mol. The molecule has 146 valence electrons. The lowest BCUT2D eigenvalue weighted by molar-refractivity contribution is -0.134. The fourth-order valence-corrected chi connectivity index (χ4v) is 5.52. The summed E-state index contributed by atoms with van der Waals surface area (Å²) in [6.45, 7) is 2.90. The van der Waals surface area contributed by atoms with Crippen LogP contribution >= 0.6 is 15.9 Å². The van der Waals surface area contributed by atoms with Crippen LogP contribution in [0.4, 0.5) is 0 Å². The molecule has 4 rings (SSSR count). The Bertz CT molecular complexity index is 1000. The number of benzene rings is 1. The fraction of sp³-hybridized carbons (Fsp3) is 0.455. The van der Waals surface area contributed by atoms with Crippen molar-refractivity contribution in [1.82, 2.24) is 9.47 Å². The van der Waals surface area contributed by atoms with Gasteiger partial charge in [0.15, 0.2) is 6.19 Å². The average Bonchev–Trinajstić information content (AvgIpc) is 3.06. The molecule has 5 nitrogen and oxygen atoms in total. The Morgan fingerprint density at radius 3 is 2.89 bits per heavy atom.